The lowest BCUT2D eigenvalue weighted by molar-refractivity contribution is -0.170. The van der Waals surface area contributed by atoms with Crippen molar-refractivity contribution in [2.75, 3.05) is 26.4 Å². The molecule has 0 atom stereocenters. The van der Waals surface area contributed by atoms with Crippen LogP contribution in [0.4, 0.5) is 0 Å². The van der Waals surface area contributed by atoms with Crippen molar-refractivity contribution in [2.45, 2.75) is 243 Å². The molecule has 0 radical (unpaired) electrons. The molecule has 0 fully saturated rings. The second-order valence-electron chi connectivity index (χ2n) is 34.0. The number of allylic oxidation sites excluding steroid dienone is 16. The third kappa shape index (κ3) is 15.3. The van der Waals surface area contributed by atoms with Crippen molar-refractivity contribution in [3.63, 3.8) is 0 Å². The van der Waals surface area contributed by atoms with Crippen LogP contribution in [0.1, 0.15) is 243 Å². The number of carbonyl (C=O) groups is 4. The van der Waals surface area contributed by atoms with E-state index in [4.69, 9.17) is 18.9 Å². The van der Waals surface area contributed by atoms with E-state index in [1.54, 1.807) is 24.3 Å². The number of aliphatic hydroxyl groups is 4. The first-order valence-corrected chi connectivity index (χ1v) is 31.4. The predicted molar refractivity (Wildman–Crippen MR) is 342 cm³/mol. The molecule has 0 spiro atoms. The van der Waals surface area contributed by atoms with Crippen LogP contribution in [0.3, 0.4) is 0 Å². The summed E-state index contributed by atoms with van der Waals surface area (Å²) in [6, 6.07) is 0. The van der Waals surface area contributed by atoms with Gasteiger partial charge in [-0.25, -0.2) is 0 Å². The largest absolute Gasteiger partial charge is 0.512 e. The lowest BCUT2D eigenvalue weighted by atomic mass is 9.50. The fourth-order valence-electron chi connectivity index (χ4n) is 16.2. The Bertz CT molecular complexity index is 2270. The summed E-state index contributed by atoms with van der Waals surface area (Å²) >= 11 is 0. The van der Waals surface area contributed by atoms with Gasteiger partial charge in [-0.15, -0.1) is 0 Å². The van der Waals surface area contributed by atoms with E-state index in [0.717, 1.165) is 22.3 Å². The van der Waals surface area contributed by atoms with E-state index in [2.05, 4.69) is 166 Å². The average molecular weight is 1190 g/mol. The topological polar surface area (TPSA) is 186 Å². The van der Waals surface area contributed by atoms with Gasteiger partial charge in [0.2, 0.25) is 0 Å². The molecule has 0 unspecified atom stereocenters. The monoisotopic (exact) mass is 1180 g/mol. The van der Waals surface area contributed by atoms with E-state index in [9.17, 15) is 39.6 Å². The molecule has 0 aliphatic heterocycles. The molecule has 4 aliphatic carbocycles. The summed E-state index contributed by atoms with van der Waals surface area (Å²) in [5.74, 6) is -1.01. The van der Waals surface area contributed by atoms with E-state index in [1.165, 1.54) is 0 Å². The summed E-state index contributed by atoms with van der Waals surface area (Å²) in [6.45, 7) is 49.2. The zero-order valence-corrected chi connectivity index (χ0v) is 57.5. The van der Waals surface area contributed by atoms with Gasteiger partial charge in [-0.3, -0.25) is 19.2 Å². The van der Waals surface area contributed by atoms with Crippen molar-refractivity contribution in [1.82, 2.24) is 0 Å². The second-order valence-corrected chi connectivity index (χ2v) is 34.0. The van der Waals surface area contributed by atoms with Crippen LogP contribution in [-0.2, 0) is 38.1 Å². The Morgan fingerprint density at radius 3 is 0.600 bits per heavy atom. The maximum absolute atomic E-state index is 14.1. The Kier molecular flexibility index (Phi) is 21.8. The minimum Gasteiger partial charge on any atom is -0.512 e. The number of esters is 4. The van der Waals surface area contributed by atoms with E-state index in [-0.39, 0.29) is 69.0 Å². The second kappa shape index (κ2) is 25.6. The third-order valence-electron chi connectivity index (χ3n) is 20.6. The van der Waals surface area contributed by atoms with Crippen LogP contribution in [0.2, 0.25) is 0 Å². The molecule has 4 aliphatic rings. The average Bonchev–Trinajstić information content (AvgIpc) is 0.923. The van der Waals surface area contributed by atoms with Crippen LogP contribution in [0, 0.1) is 70.4 Å². The van der Waals surface area contributed by atoms with Crippen LogP contribution < -0.4 is 0 Å². The lowest BCUT2D eigenvalue weighted by Gasteiger charge is -2.54. The molecule has 85 heavy (non-hydrogen) atoms. The van der Waals surface area contributed by atoms with Crippen LogP contribution in [0.5, 0.6) is 0 Å². The third-order valence-corrected chi connectivity index (χ3v) is 20.6. The van der Waals surface area contributed by atoms with Gasteiger partial charge < -0.3 is 39.4 Å². The van der Waals surface area contributed by atoms with Crippen molar-refractivity contribution < 1.29 is 58.6 Å². The van der Waals surface area contributed by atoms with Crippen molar-refractivity contribution in [2.24, 2.45) is 70.4 Å². The molecule has 0 aromatic rings. The zero-order valence-electron chi connectivity index (χ0n) is 57.5. The van der Waals surface area contributed by atoms with Gasteiger partial charge in [0, 0.05) is 47.3 Å². The number of ether oxygens (including phenoxy) is 4. The first-order chi connectivity index (χ1) is 38.4. The molecular formula is C73H116O12. The Balaban J connectivity index is 1.69. The summed E-state index contributed by atoms with van der Waals surface area (Å²) in [5, 5.41) is 45.9. The highest BCUT2D eigenvalue weighted by Gasteiger charge is 2.58. The standard InChI is InChI=1S/C73H116O12/c1-61(2,3)70(62(4,5)6)41-49(25-33-53(70)74)29-37-57(78)82-45-69(46-83-58(79)38-30-50-26-34-54(75)71(42-50,63(7,8)9)64(10,11)12,47-84-59(80)39-31-51-27-35-55(76)72(43-51,65(13,14)15)66(16,17)18)48-85-60(81)40-32-52-28-36-56(77)73(44-52,67(19,20)21)68(22,23)24/h25-28,33-36,74-77H,29-32,37-48H2,1-24H3. The van der Waals surface area contributed by atoms with Crippen LogP contribution in [0.15, 0.2) is 93.9 Å². The van der Waals surface area contributed by atoms with Gasteiger partial charge >= 0.3 is 23.9 Å². The van der Waals surface area contributed by atoms with Gasteiger partial charge in [-0.2, -0.15) is 0 Å². The number of rotatable bonds is 20. The van der Waals surface area contributed by atoms with E-state index in [1.807, 2.05) is 24.3 Å². The first-order valence-electron chi connectivity index (χ1n) is 31.4. The van der Waals surface area contributed by atoms with Crippen molar-refractivity contribution in [1.29, 1.82) is 0 Å². The molecule has 0 heterocycles. The molecule has 4 N–H and O–H groups in total. The van der Waals surface area contributed by atoms with Gasteiger partial charge in [0.25, 0.3) is 0 Å². The number of aliphatic hydroxyl groups excluding tert-OH is 4. The summed E-state index contributed by atoms with van der Waals surface area (Å²) in [6.07, 6.45) is 17.9. The van der Waals surface area contributed by atoms with Crippen molar-refractivity contribution >= 4 is 23.9 Å². The van der Waals surface area contributed by atoms with Crippen molar-refractivity contribution in [3.8, 4) is 0 Å². The summed E-state index contributed by atoms with van der Waals surface area (Å²) < 4.78 is 24.5. The molecule has 0 bridgehead atoms. The maximum atomic E-state index is 14.1. The highest BCUT2D eigenvalue weighted by molar-refractivity contribution is 5.72. The summed E-state index contributed by atoms with van der Waals surface area (Å²) in [7, 11) is 0. The minimum absolute atomic E-state index is 0.0164. The molecule has 480 valence electrons. The Morgan fingerprint density at radius 2 is 0.459 bits per heavy atom. The van der Waals surface area contributed by atoms with Gasteiger partial charge in [-0.1, -0.05) is 213 Å². The van der Waals surface area contributed by atoms with E-state index >= 15 is 0 Å². The van der Waals surface area contributed by atoms with Gasteiger partial charge in [-0.05, 0) is 119 Å². The maximum Gasteiger partial charge on any atom is 0.306 e. The smallest absolute Gasteiger partial charge is 0.306 e. The Hall–Kier alpha value is -5.00. The van der Waals surface area contributed by atoms with Gasteiger partial charge in [0.05, 0.1) is 23.0 Å². The van der Waals surface area contributed by atoms with Crippen LogP contribution in [-0.4, -0.2) is 70.7 Å². The quantitative estimate of drug-likeness (QED) is 0.0669. The minimum atomic E-state index is -1.55. The highest BCUT2D eigenvalue weighted by atomic mass is 16.6. The molecule has 0 amide bonds. The molecule has 0 aromatic heterocycles. The Morgan fingerprint density at radius 1 is 0.306 bits per heavy atom. The van der Waals surface area contributed by atoms with Crippen LogP contribution in [0.25, 0.3) is 0 Å². The normalized spacial score (nSPS) is 19.6. The summed E-state index contributed by atoms with van der Waals surface area (Å²) in [5.41, 5.74) is -2.74. The van der Waals surface area contributed by atoms with Crippen LogP contribution >= 0.6 is 0 Å². The fourth-order valence-corrected chi connectivity index (χ4v) is 16.2. The molecule has 0 saturated carbocycles. The highest BCUT2D eigenvalue weighted by Crippen LogP contribution is 2.64. The van der Waals surface area contributed by atoms with Gasteiger partial charge in [0.1, 0.15) is 31.8 Å². The van der Waals surface area contributed by atoms with E-state index in [0.29, 0.717) is 74.4 Å². The molecule has 12 nitrogen and oxygen atoms in total. The first kappa shape index (κ1) is 72.5. The van der Waals surface area contributed by atoms with E-state index < -0.39 is 77.4 Å². The zero-order chi connectivity index (χ0) is 65.2. The number of hydrogen-bond acceptors (Lipinski definition) is 12. The number of hydrogen-bond donors (Lipinski definition) is 4. The molecular weight excluding hydrogens is 1070 g/mol. The molecule has 0 saturated heterocycles. The SMILES string of the molecule is CC(C)(C)C1(C(C)(C)C)CC(CCC(=O)OCC(COC(=O)CCC2=CC=C(O)C(C(C)(C)C)(C(C)(C)C)C2)(COC(=O)CCC2=CC=C(O)C(C(C)(C)C)(C(C)(C)C)C2)COC(=O)CCC2=CC=C(O)C(C(C)(C)C)(C(C)(C)C)C2)=CC=C1O. The van der Waals surface area contributed by atoms with Gasteiger partial charge in [0.15, 0.2) is 0 Å². The molecule has 0 aromatic carbocycles. The Labute approximate surface area is 514 Å². The molecule has 12 heteroatoms. The molecule has 4 rings (SSSR count). The van der Waals surface area contributed by atoms with Crippen molar-refractivity contribution in [3.05, 3.63) is 93.9 Å². The predicted octanol–water partition coefficient (Wildman–Crippen LogP) is 18.7. The number of carbonyl (C=O) groups excluding carboxylic acids is 4. The summed E-state index contributed by atoms with van der Waals surface area (Å²) in [4.78, 5) is 56.5. The lowest BCUT2D eigenvalue weighted by Crippen LogP contribution is -2.49. The fraction of sp³-hybridized carbons (Fsp3) is 0.726.